The Morgan fingerprint density at radius 3 is 2.68 bits per heavy atom. The summed E-state index contributed by atoms with van der Waals surface area (Å²) in [4.78, 5) is 10.5. The first-order valence-electron chi connectivity index (χ1n) is 5.80. The van der Waals surface area contributed by atoms with Gasteiger partial charge in [0.1, 0.15) is 5.69 Å². The zero-order chi connectivity index (χ0) is 13.8. The van der Waals surface area contributed by atoms with E-state index < -0.39 is 4.92 Å². The van der Waals surface area contributed by atoms with Crippen molar-refractivity contribution in [3.63, 3.8) is 0 Å². The van der Waals surface area contributed by atoms with Crippen LogP contribution in [0, 0.1) is 17.0 Å². The van der Waals surface area contributed by atoms with Gasteiger partial charge < -0.3 is 5.32 Å². The van der Waals surface area contributed by atoms with Gasteiger partial charge in [0.15, 0.2) is 0 Å². The molecule has 0 atom stereocenters. The summed E-state index contributed by atoms with van der Waals surface area (Å²) in [6, 6.07) is 12.4. The van der Waals surface area contributed by atoms with E-state index in [1.807, 2.05) is 31.2 Å². The normalized spacial score (nSPS) is 10.2. The molecule has 2 aromatic carbocycles. The molecule has 0 aliphatic carbocycles. The first-order chi connectivity index (χ1) is 9.08. The molecule has 0 fully saturated rings. The van der Waals surface area contributed by atoms with Crippen LogP contribution in [0.3, 0.4) is 0 Å². The number of nitrogens with zero attached hydrogens (tertiary/aromatic N) is 1. The van der Waals surface area contributed by atoms with E-state index >= 15 is 0 Å². The maximum Gasteiger partial charge on any atom is 0.292 e. The van der Waals surface area contributed by atoms with Crippen LogP contribution in [0.4, 0.5) is 11.4 Å². The van der Waals surface area contributed by atoms with Crippen LogP contribution in [0.5, 0.6) is 0 Å². The second-order valence-electron chi connectivity index (χ2n) is 4.20. The van der Waals surface area contributed by atoms with Crippen molar-refractivity contribution in [1.82, 2.24) is 0 Å². The second-order valence-corrected chi connectivity index (χ2v) is 4.64. The first kappa shape index (κ1) is 13.4. The Morgan fingerprint density at radius 2 is 2.00 bits per heavy atom. The van der Waals surface area contributed by atoms with Crippen molar-refractivity contribution >= 4 is 23.0 Å². The number of aryl methyl sites for hydroxylation is 1. The minimum atomic E-state index is -0.420. The molecule has 4 nitrogen and oxygen atoms in total. The van der Waals surface area contributed by atoms with Gasteiger partial charge in [-0.15, -0.1) is 0 Å². The fraction of sp³-hybridized carbons (Fsp3) is 0.143. The van der Waals surface area contributed by atoms with Crippen molar-refractivity contribution in [3.05, 3.63) is 68.7 Å². The Labute approximate surface area is 116 Å². The quantitative estimate of drug-likeness (QED) is 0.673. The third kappa shape index (κ3) is 3.23. The van der Waals surface area contributed by atoms with Gasteiger partial charge in [-0.2, -0.15) is 0 Å². The van der Waals surface area contributed by atoms with E-state index in [4.69, 9.17) is 11.6 Å². The highest BCUT2D eigenvalue weighted by molar-refractivity contribution is 6.31. The summed E-state index contributed by atoms with van der Waals surface area (Å²) in [5.74, 6) is 0. The van der Waals surface area contributed by atoms with E-state index in [0.29, 0.717) is 17.3 Å². The number of hydrogen-bond acceptors (Lipinski definition) is 3. The van der Waals surface area contributed by atoms with Crippen LogP contribution >= 0.6 is 11.6 Å². The van der Waals surface area contributed by atoms with Crippen molar-refractivity contribution in [2.75, 3.05) is 5.32 Å². The molecule has 5 heteroatoms. The Balaban J connectivity index is 2.22. The first-order valence-corrected chi connectivity index (χ1v) is 6.18. The number of rotatable bonds is 4. The summed E-state index contributed by atoms with van der Waals surface area (Å²) < 4.78 is 0. The van der Waals surface area contributed by atoms with Gasteiger partial charge in [0, 0.05) is 17.6 Å². The summed E-state index contributed by atoms with van der Waals surface area (Å²) in [5.41, 5.74) is 2.69. The van der Waals surface area contributed by atoms with E-state index in [1.54, 1.807) is 6.07 Å². The number of nitro benzene ring substituents is 1. The molecular weight excluding hydrogens is 264 g/mol. The Morgan fingerprint density at radius 1 is 1.26 bits per heavy atom. The van der Waals surface area contributed by atoms with E-state index in [-0.39, 0.29) is 5.69 Å². The zero-order valence-corrected chi connectivity index (χ0v) is 11.1. The summed E-state index contributed by atoms with van der Waals surface area (Å²) in [5, 5.41) is 14.5. The Bertz CT molecular complexity index is 614. The van der Waals surface area contributed by atoms with E-state index in [9.17, 15) is 10.1 Å². The summed E-state index contributed by atoms with van der Waals surface area (Å²) in [6.07, 6.45) is 0. The van der Waals surface area contributed by atoms with Crippen LogP contribution in [0.25, 0.3) is 0 Å². The molecule has 1 N–H and O–H groups in total. The molecule has 2 aromatic rings. The summed E-state index contributed by atoms with van der Waals surface area (Å²) >= 11 is 5.87. The van der Waals surface area contributed by atoms with Crippen LogP contribution in [0.15, 0.2) is 42.5 Å². The third-order valence-corrected chi connectivity index (χ3v) is 3.12. The van der Waals surface area contributed by atoms with E-state index in [2.05, 4.69) is 5.32 Å². The minimum Gasteiger partial charge on any atom is -0.375 e. The number of nitro groups is 1. The molecule has 0 amide bonds. The van der Waals surface area contributed by atoms with Gasteiger partial charge in [-0.1, -0.05) is 35.9 Å². The van der Waals surface area contributed by atoms with Crippen LogP contribution in [-0.4, -0.2) is 4.92 Å². The van der Waals surface area contributed by atoms with E-state index in [1.165, 1.54) is 12.1 Å². The molecule has 0 unspecified atom stereocenters. The third-order valence-electron chi connectivity index (χ3n) is 2.89. The lowest BCUT2D eigenvalue weighted by Gasteiger charge is -2.09. The van der Waals surface area contributed by atoms with E-state index in [0.717, 1.165) is 11.1 Å². The molecule has 0 saturated carbocycles. The highest BCUT2D eigenvalue weighted by atomic mass is 35.5. The largest absolute Gasteiger partial charge is 0.375 e. The van der Waals surface area contributed by atoms with Gasteiger partial charge in [-0.05, 0) is 30.2 Å². The van der Waals surface area contributed by atoms with Crippen molar-refractivity contribution in [2.24, 2.45) is 0 Å². The lowest BCUT2D eigenvalue weighted by molar-refractivity contribution is -0.384. The zero-order valence-electron chi connectivity index (χ0n) is 10.4. The van der Waals surface area contributed by atoms with Crippen LogP contribution < -0.4 is 5.32 Å². The molecule has 0 aliphatic rings. The monoisotopic (exact) mass is 276 g/mol. The molecular formula is C14H13ClN2O2. The highest BCUT2D eigenvalue weighted by Gasteiger charge is 2.13. The fourth-order valence-corrected chi connectivity index (χ4v) is 1.98. The van der Waals surface area contributed by atoms with Gasteiger partial charge >= 0.3 is 0 Å². The number of benzene rings is 2. The molecule has 19 heavy (non-hydrogen) atoms. The molecule has 0 spiro atoms. The lowest BCUT2D eigenvalue weighted by atomic mass is 10.1. The Hall–Kier alpha value is -2.07. The topological polar surface area (TPSA) is 55.2 Å². The van der Waals surface area contributed by atoms with Crippen LogP contribution in [0.2, 0.25) is 5.02 Å². The average Bonchev–Trinajstić information content (AvgIpc) is 2.37. The summed E-state index contributed by atoms with van der Waals surface area (Å²) in [6.45, 7) is 2.53. The molecule has 98 valence electrons. The van der Waals surface area contributed by atoms with Gasteiger partial charge in [0.25, 0.3) is 5.69 Å². The smallest absolute Gasteiger partial charge is 0.292 e. The molecule has 0 saturated heterocycles. The van der Waals surface area contributed by atoms with Crippen LogP contribution in [0.1, 0.15) is 11.1 Å². The summed E-state index contributed by atoms with van der Waals surface area (Å²) in [7, 11) is 0. The molecule has 0 aliphatic heterocycles. The number of anilines is 1. The number of nitrogens with one attached hydrogen (secondary N) is 1. The lowest BCUT2D eigenvalue weighted by Crippen LogP contribution is -2.03. The standard InChI is InChI=1S/C14H13ClN2O2/c1-10-4-2-3-5-11(10)9-16-13-8-12(15)6-7-14(13)17(18)19/h2-8,16H,9H2,1H3. The predicted molar refractivity (Wildman–Crippen MR) is 76.6 cm³/mol. The molecule has 0 aromatic heterocycles. The van der Waals surface area contributed by atoms with Crippen LogP contribution in [-0.2, 0) is 6.54 Å². The highest BCUT2D eigenvalue weighted by Crippen LogP contribution is 2.28. The Kier molecular flexibility index (Phi) is 4.02. The average molecular weight is 277 g/mol. The molecule has 0 heterocycles. The number of halogens is 1. The maximum absolute atomic E-state index is 10.9. The molecule has 0 radical (unpaired) electrons. The van der Waals surface area contributed by atoms with Crippen molar-refractivity contribution in [3.8, 4) is 0 Å². The second kappa shape index (κ2) is 5.71. The van der Waals surface area contributed by atoms with Crippen molar-refractivity contribution in [1.29, 1.82) is 0 Å². The molecule has 2 rings (SSSR count). The fourth-order valence-electron chi connectivity index (χ4n) is 1.81. The van der Waals surface area contributed by atoms with Gasteiger partial charge in [-0.3, -0.25) is 10.1 Å². The maximum atomic E-state index is 10.9. The minimum absolute atomic E-state index is 0.0259. The predicted octanol–water partition coefficient (Wildman–Crippen LogP) is 4.17. The van der Waals surface area contributed by atoms with Gasteiger partial charge in [0.2, 0.25) is 0 Å². The molecule has 0 bridgehead atoms. The number of hydrogen-bond donors (Lipinski definition) is 1. The van der Waals surface area contributed by atoms with Crippen molar-refractivity contribution < 1.29 is 4.92 Å². The van der Waals surface area contributed by atoms with Crippen molar-refractivity contribution in [2.45, 2.75) is 13.5 Å². The SMILES string of the molecule is Cc1ccccc1CNc1cc(Cl)ccc1[N+](=O)[O-]. The van der Waals surface area contributed by atoms with Gasteiger partial charge in [0.05, 0.1) is 4.92 Å². The van der Waals surface area contributed by atoms with Gasteiger partial charge in [-0.25, -0.2) is 0 Å².